The molecule has 0 aromatic heterocycles. The molecule has 2 fully saturated rings. The molecule has 1 unspecified atom stereocenters. The van der Waals surface area contributed by atoms with E-state index in [1.807, 2.05) is 0 Å². The molecule has 2 saturated heterocycles. The van der Waals surface area contributed by atoms with Crippen LogP contribution in [0.1, 0.15) is 26.7 Å². The molecular formula is C14H27N3O. The molecule has 0 amide bonds. The van der Waals surface area contributed by atoms with Crippen LogP contribution in [0.15, 0.2) is 0 Å². The zero-order valence-electron chi connectivity index (χ0n) is 12.0. The van der Waals surface area contributed by atoms with E-state index in [0.717, 1.165) is 52.1 Å². The number of rotatable bonds is 3. The summed E-state index contributed by atoms with van der Waals surface area (Å²) in [5.41, 5.74) is -0.301. The fourth-order valence-electron chi connectivity index (χ4n) is 3.26. The number of piperidine rings is 1. The van der Waals surface area contributed by atoms with Gasteiger partial charge in [-0.1, -0.05) is 0 Å². The summed E-state index contributed by atoms with van der Waals surface area (Å²) in [6, 6.07) is 0. The van der Waals surface area contributed by atoms with Crippen molar-refractivity contribution in [3.63, 3.8) is 0 Å². The Morgan fingerprint density at radius 2 is 1.89 bits per heavy atom. The number of carbonyl (C=O) groups is 1. The standard InChI is InChI=1S/C14H27N3O/c1-14(2,17-9-6-15-7-10-17)13(18)12-5-4-8-16(3)11-12/h12,15H,4-11H2,1-3H3. The van der Waals surface area contributed by atoms with Crippen molar-refractivity contribution in [2.45, 2.75) is 32.2 Å². The third kappa shape index (κ3) is 2.92. The minimum atomic E-state index is -0.301. The van der Waals surface area contributed by atoms with Crippen LogP contribution in [0.2, 0.25) is 0 Å². The summed E-state index contributed by atoms with van der Waals surface area (Å²) < 4.78 is 0. The summed E-state index contributed by atoms with van der Waals surface area (Å²) in [4.78, 5) is 17.4. The molecule has 0 bridgehead atoms. The van der Waals surface area contributed by atoms with E-state index in [9.17, 15) is 4.79 Å². The Bertz CT molecular complexity index is 297. The van der Waals surface area contributed by atoms with Gasteiger partial charge in [-0.05, 0) is 40.3 Å². The van der Waals surface area contributed by atoms with Gasteiger partial charge in [0.1, 0.15) is 0 Å². The van der Waals surface area contributed by atoms with Gasteiger partial charge in [0.25, 0.3) is 0 Å². The molecule has 18 heavy (non-hydrogen) atoms. The highest BCUT2D eigenvalue weighted by atomic mass is 16.1. The van der Waals surface area contributed by atoms with Gasteiger partial charge in [-0.25, -0.2) is 0 Å². The number of ketones is 1. The van der Waals surface area contributed by atoms with Crippen molar-refractivity contribution in [3.05, 3.63) is 0 Å². The maximum Gasteiger partial charge on any atom is 0.156 e. The lowest BCUT2D eigenvalue weighted by Crippen LogP contribution is -2.59. The molecule has 4 nitrogen and oxygen atoms in total. The number of carbonyl (C=O) groups excluding carboxylic acids is 1. The zero-order valence-corrected chi connectivity index (χ0v) is 12.0. The highest BCUT2D eigenvalue weighted by Crippen LogP contribution is 2.25. The number of piperazine rings is 1. The van der Waals surface area contributed by atoms with Gasteiger partial charge >= 0.3 is 0 Å². The van der Waals surface area contributed by atoms with Gasteiger partial charge in [-0.3, -0.25) is 9.69 Å². The third-order valence-corrected chi connectivity index (χ3v) is 4.51. The molecule has 104 valence electrons. The Kier molecular flexibility index (Phi) is 4.41. The molecule has 0 radical (unpaired) electrons. The van der Waals surface area contributed by atoms with Gasteiger partial charge < -0.3 is 10.2 Å². The van der Waals surface area contributed by atoms with Crippen molar-refractivity contribution in [2.75, 3.05) is 46.3 Å². The number of nitrogens with zero attached hydrogens (tertiary/aromatic N) is 2. The topological polar surface area (TPSA) is 35.6 Å². The smallest absolute Gasteiger partial charge is 0.156 e. The zero-order chi connectivity index (χ0) is 13.2. The Balaban J connectivity index is 2.01. The monoisotopic (exact) mass is 253 g/mol. The third-order valence-electron chi connectivity index (χ3n) is 4.51. The Morgan fingerprint density at radius 3 is 2.50 bits per heavy atom. The summed E-state index contributed by atoms with van der Waals surface area (Å²) in [6.45, 7) is 10.3. The van der Waals surface area contributed by atoms with E-state index in [1.54, 1.807) is 0 Å². The van der Waals surface area contributed by atoms with E-state index in [0.29, 0.717) is 5.78 Å². The first kappa shape index (κ1) is 14.0. The molecule has 1 atom stereocenters. The SMILES string of the molecule is CN1CCCC(C(=O)C(C)(C)N2CCNCC2)C1. The molecule has 0 saturated carbocycles. The molecule has 0 aromatic rings. The van der Waals surface area contributed by atoms with E-state index in [2.05, 4.69) is 36.0 Å². The normalized spacial score (nSPS) is 28.3. The van der Waals surface area contributed by atoms with Crippen LogP contribution in [-0.2, 0) is 4.79 Å². The van der Waals surface area contributed by atoms with Crippen molar-refractivity contribution in [3.8, 4) is 0 Å². The Morgan fingerprint density at radius 1 is 1.22 bits per heavy atom. The second kappa shape index (κ2) is 5.68. The average Bonchev–Trinajstić information content (AvgIpc) is 2.39. The van der Waals surface area contributed by atoms with Gasteiger partial charge in [0.2, 0.25) is 0 Å². The maximum atomic E-state index is 12.8. The summed E-state index contributed by atoms with van der Waals surface area (Å²) in [5.74, 6) is 0.671. The highest BCUT2D eigenvalue weighted by Gasteiger charge is 2.39. The van der Waals surface area contributed by atoms with E-state index < -0.39 is 0 Å². The van der Waals surface area contributed by atoms with Crippen LogP contribution in [-0.4, -0.2) is 67.4 Å². The van der Waals surface area contributed by atoms with Gasteiger partial charge in [0.05, 0.1) is 5.54 Å². The molecule has 2 heterocycles. The quantitative estimate of drug-likeness (QED) is 0.798. The first-order chi connectivity index (χ1) is 8.51. The molecule has 1 N–H and O–H groups in total. The highest BCUT2D eigenvalue weighted by molar-refractivity contribution is 5.90. The lowest BCUT2D eigenvalue weighted by Gasteiger charge is -2.43. The van der Waals surface area contributed by atoms with Gasteiger partial charge in [-0.2, -0.15) is 0 Å². The summed E-state index contributed by atoms with van der Waals surface area (Å²) in [6.07, 6.45) is 2.23. The van der Waals surface area contributed by atoms with Crippen molar-refractivity contribution in [2.24, 2.45) is 5.92 Å². The van der Waals surface area contributed by atoms with Crippen LogP contribution in [0.3, 0.4) is 0 Å². The van der Waals surface area contributed by atoms with Crippen molar-refractivity contribution >= 4 is 5.78 Å². The summed E-state index contributed by atoms with van der Waals surface area (Å²) in [5, 5.41) is 3.35. The van der Waals surface area contributed by atoms with Gasteiger partial charge in [0, 0.05) is 38.6 Å². The van der Waals surface area contributed by atoms with Crippen molar-refractivity contribution in [1.29, 1.82) is 0 Å². The number of hydrogen-bond donors (Lipinski definition) is 1. The first-order valence-electron chi connectivity index (χ1n) is 7.20. The van der Waals surface area contributed by atoms with E-state index in [1.165, 1.54) is 0 Å². The Labute approximate surface area is 111 Å². The Hall–Kier alpha value is -0.450. The van der Waals surface area contributed by atoms with Crippen molar-refractivity contribution in [1.82, 2.24) is 15.1 Å². The van der Waals surface area contributed by atoms with Crippen LogP contribution in [0.4, 0.5) is 0 Å². The van der Waals surface area contributed by atoms with Crippen LogP contribution >= 0.6 is 0 Å². The molecule has 2 aliphatic heterocycles. The first-order valence-corrected chi connectivity index (χ1v) is 7.20. The maximum absolute atomic E-state index is 12.8. The van der Waals surface area contributed by atoms with Crippen molar-refractivity contribution < 1.29 is 4.79 Å². The number of hydrogen-bond acceptors (Lipinski definition) is 4. The predicted octanol–water partition coefficient (Wildman–Crippen LogP) is 0.581. The molecule has 0 aliphatic carbocycles. The lowest BCUT2D eigenvalue weighted by atomic mass is 9.82. The van der Waals surface area contributed by atoms with E-state index in [4.69, 9.17) is 0 Å². The number of Topliss-reactive ketones (excluding diaryl/α,β-unsaturated/α-hetero) is 1. The largest absolute Gasteiger partial charge is 0.314 e. The van der Waals surface area contributed by atoms with Crippen LogP contribution in [0.25, 0.3) is 0 Å². The van der Waals surface area contributed by atoms with Crippen LogP contribution in [0, 0.1) is 5.92 Å². The molecule has 4 heteroatoms. The summed E-state index contributed by atoms with van der Waals surface area (Å²) in [7, 11) is 2.12. The average molecular weight is 253 g/mol. The molecule has 0 aromatic carbocycles. The lowest BCUT2D eigenvalue weighted by molar-refractivity contribution is -0.135. The van der Waals surface area contributed by atoms with Gasteiger partial charge in [0.15, 0.2) is 5.78 Å². The van der Waals surface area contributed by atoms with E-state index >= 15 is 0 Å². The van der Waals surface area contributed by atoms with Crippen LogP contribution in [0.5, 0.6) is 0 Å². The number of likely N-dealkylation sites (tertiary alicyclic amines) is 1. The van der Waals surface area contributed by atoms with Crippen LogP contribution < -0.4 is 5.32 Å². The predicted molar refractivity (Wildman–Crippen MR) is 73.7 cm³/mol. The molecule has 2 aliphatic rings. The van der Waals surface area contributed by atoms with E-state index in [-0.39, 0.29) is 11.5 Å². The second-order valence-electron chi connectivity index (χ2n) is 6.26. The summed E-state index contributed by atoms with van der Waals surface area (Å²) >= 11 is 0. The molecule has 2 rings (SSSR count). The molecule has 0 spiro atoms. The fraction of sp³-hybridized carbons (Fsp3) is 0.929. The minimum absolute atomic E-state index is 0.230. The molecular weight excluding hydrogens is 226 g/mol. The second-order valence-corrected chi connectivity index (χ2v) is 6.26. The van der Waals surface area contributed by atoms with Gasteiger partial charge in [-0.15, -0.1) is 0 Å². The fourth-order valence-corrected chi connectivity index (χ4v) is 3.26. The minimum Gasteiger partial charge on any atom is -0.314 e. The number of nitrogens with one attached hydrogen (secondary N) is 1.